The molecule has 0 bridgehead atoms. The zero-order chi connectivity index (χ0) is 34.8. The highest BCUT2D eigenvalue weighted by Crippen LogP contribution is 2.36. The molecule has 3 aromatic rings. The van der Waals surface area contributed by atoms with E-state index >= 15 is 0 Å². The van der Waals surface area contributed by atoms with Crippen LogP contribution in [-0.2, 0) is 16.1 Å². The molecule has 0 saturated heterocycles. The highest BCUT2D eigenvalue weighted by Gasteiger charge is 2.32. The van der Waals surface area contributed by atoms with Gasteiger partial charge in [0.15, 0.2) is 29.2 Å². The average molecular weight is 775 g/mol. The van der Waals surface area contributed by atoms with Crippen LogP contribution in [0.4, 0.5) is 4.79 Å². The van der Waals surface area contributed by atoms with Crippen LogP contribution in [-0.4, -0.2) is 68.1 Å². The molecule has 14 nitrogen and oxygen atoms in total. The quantitative estimate of drug-likeness (QED) is 0.0493. The minimum absolute atomic E-state index is 0.186. The van der Waals surface area contributed by atoms with Gasteiger partial charge in [-0.15, -0.1) is 0 Å². The number of aromatic carboxylic acids is 1. The van der Waals surface area contributed by atoms with Crippen molar-refractivity contribution in [2.24, 2.45) is 5.10 Å². The minimum atomic E-state index is -1.19. The number of ether oxygens (including phenoxy) is 5. The van der Waals surface area contributed by atoms with Crippen LogP contribution in [0.15, 0.2) is 71.0 Å². The maximum Gasteiger partial charge on any atom is 0.337 e. The summed E-state index contributed by atoms with van der Waals surface area (Å²) in [7, 11) is 2.78. The molecule has 0 aromatic heterocycles. The first kappa shape index (κ1) is 35.8. The molecule has 0 saturated carbocycles. The number of amides is 2. The summed E-state index contributed by atoms with van der Waals surface area (Å²) in [5.41, 5.74) is 5.47. The Balaban J connectivity index is 1.38. The Kier molecular flexibility index (Phi) is 12.5. The molecule has 2 atom stereocenters. The molecule has 0 aliphatic carbocycles. The summed E-state index contributed by atoms with van der Waals surface area (Å²) in [6.07, 6.45) is 0.316. The molecule has 15 heteroatoms. The highest BCUT2D eigenvalue weighted by molar-refractivity contribution is 14.1. The van der Waals surface area contributed by atoms with Crippen molar-refractivity contribution in [2.45, 2.75) is 32.7 Å². The number of hydrogen-bond donors (Lipinski definition) is 5. The summed E-state index contributed by atoms with van der Waals surface area (Å²) in [6.45, 7) is 3.75. The largest absolute Gasteiger partial charge is 0.493 e. The topological polar surface area (TPSA) is 186 Å². The molecule has 1 heterocycles. The van der Waals surface area contributed by atoms with Gasteiger partial charge in [-0.2, -0.15) is 5.10 Å². The number of carbonyl (C=O) groups excluding carboxylic acids is 2. The van der Waals surface area contributed by atoms with E-state index in [1.807, 2.05) is 6.07 Å². The van der Waals surface area contributed by atoms with Gasteiger partial charge < -0.3 is 44.5 Å². The number of nitrogens with one attached hydrogen (secondary N) is 3. The van der Waals surface area contributed by atoms with Crippen molar-refractivity contribution in [1.82, 2.24) is 16.1 Å². The maximum absolute atomic E-state index is 12.5. The van der Waals surface area contributed by atoms with Crippen molar-refractivity contribution >= 4 is 46.8 Å². The Morgan fingerprint density at radius 1 is 1.04 bits per heavy atom. The zero-order valence-electron chi connectivity index (χ0n) is 26.5. The van der Waals surface area contributed by atoms with E-state index in [1.165, 1.54) is 32.6 Å². The fourth-order valence-electron chi connectivity index (χ4n) is 4.67. The predicted octanol–water partition coefficient (Wildman–Crippen LogP) is 4.10. The van der Waals surface area contributed by atoms with Gasteiger partial charge in [0.2, 0.25) is 0 Å². The van der Waals surface area contributed by atoms with Gasteiger partial charge in [0.1, 0.15) is 13.2 Å². The first-order chi connectivity index (χ1) is 23.0. The predicted molar refractivity (Wildman–Crippen MR) is 182 cm³/mol. The van der Waals surface area contributed by atoms with Crippen molar-refractivity contribution < 1.29 is 48.3 Å². The van der Waals surface area contributed by atoms with Crippen LogP contribution in [0, 0.1) is 3.57 Å². The number of carbonyl (C=O) groups is 3. The molecule has 3 aromatic carbocycles. The number of halogens is 1. The molecule has 1 aliphatic rings. The van der Waals surface area contributed by atoms with E-state index in [1.54, 1.807) is 50.2 Å². The van der Waals surface area contributed by atoms with Crippen molar-refractivity contribution in [3.8, 4) is 23.0 Å². The lowest BCUT2D eigenvalue weighted by Crippen LogP contribution is -2.45. The molecule has 1 aliphatic heterocycles. The molecule has 0 radical (unpaired) electrons. The van der Waals surface area contributed by atoms with Crippen LogP contribution in [0.2, 0.25) is 0 Å². The Hall–Kier alpha value is -5.03. The Morgan fingerprint density at radius 2 is 1.79 bits per heavy atom. The van der Waals surface area contributed by atoms with Gasteiger partial charge in [0.05, 0.1) is 47.8 Å². The number of benzene rings is 3. The molecule has 4 rings (SSSR count). The van der Waals surface area contributed by atoms with Gasteiger partial charge in [-0.3, -0.25) is 5.43 Å². The Bertz CT molecular complexity index is 1710. The first-order valence-corrected chi connectivity index (χ1v) is 15.7. The van der Waals surface area contributed by atoms with Gasteiger partial charge in [-0.05, 0) is 89.5 Å². The lowest BCUT2D eigenvalue weighted by atomic mass is 9.95. The molecule has 0 spiro atoms. The highest BCUT2D eigenvalue weighted by atomic mass is 127. The summed E-state index contributed by atoms with van der Waals surface area (Å²) < 4.78 is 28.7. The fourth-order valence-corrected chi connectivity index (χ4v) is 5.45. The molecule has 0 fully saturated rings. The minimum Gasteiger partial charge on any atom is -0.493 e. The monoisotopic (exact) mass is 774 g/mol. The molecular formula is C33H35IN4O10. The van der Waals surface area contributed by atoms with Gasteiger partial charge in [0.25, 0.3) is 0 Å². The fraction of sp³-hybridized carbons (Fsp3) is 0.273. The second kappa shape index (κ2) is 16.7. The molecular weight excluding hydrogens is 739 g/mol. The number of urea groups is 1. The number of esters is 1. The SMILES string of the molecule is CCOc1cc([C@@H]2NC(=O)NC(C)=C2C(=O)OC)ccc1OC[C@@H](O)N/N=C\c1cc(I)c(OCc2ccc(C(=O)O)cc2)c(OC)c1. The maximum atomic E-state index is 12.5. The molecule has 2 amide bonds. The lowest BCUT2D eigenvalue weighted by Gasteiger charge is -2.28. The zero-order valence-corrected chi connectivity index (χ0v) is 28.7. The normalized spacial score (nSPS) is 14.9. The van der Waals surface area contributed by atoms with Crippen molar-refractivity contribution in [3.63, 3.8) is 0 Å². The first-order valence-electron chi connectivity index (χ1n) is 14.6. The van der Waals surface area contributed by atoms with Crippen LogP contribution < -0.4 is 35.0 Å². The van der Waals surface area contributed by atoms with E-state index in [0.717, 1.165) is 9.13 Å². The Morgan fingerprint density at radius 3 is 2.46 bits per heavy atom. The summed E-state index contributed by atoms with van der Waals surface area (Å²) in [5.74, 6) is 0.0842. The second-order valence-corrected chi connectivity index (χ2v) is 11.4. The average Bonchev–Trinajstić information content (AvgIpc) is 3.06. The molecule has 0 unspecified atom stereocenters. The number of allylic oxidation sites excluding steroid dienone is 1. The van der Waals surface area contributed by atoms with E-state index in [2.05, 4.69) is 43.8 Å². The number of carboxylic acid groups (broad SMARTS) is 1. The van der Waals surface area contributed by atoms with E-state index in [-0.39, 0.29) is 24.4 Å². The third-order valence-electron chi connectivity index (χ3n) is 6.95. The number of carboxylic acids is 1. The van der Waals surface area contributed by atoms with Crippen molar-refractivity contribution in [3.05, 3.63) is 91.7 Å². The number of aliphatic hydroxyl groups is 1. The standard InChI is InChI=1S/C33H35IN4O10/c1-5-46-25-14-22(29-28(32(42)45-4)18(2)36-33(43)37-29)10-11-24(25)47-17-27(39)38-35-15-20-12-23(34)30(26(13-20)44-3)48-16-19-6-8-21(9-7-19)31(40)41/h6-15,27,29,38-39H,5,16-17H2,1-4H3,(H,40,41)(H2,36,37,43)/b35-15-/t27-,29+/m1/s1. The third-order valence-corrected chi connectivity index (χ3v) is 7.75. The van der Waals surface area contributed by atoms with Gasteiger partial charge in [0, 0.05) is 5.70 Å². The van der Waals surface area contributed by atoms with Crippen LogP contribution in [0.5, 0.6) is 23.0 Å². The Labute approximate surface area is 290 Å². The van der Waals surface area contributed by atoms with Gasteiger partial charge in [-0.1, -0.05) is 18.2 Å². The number of nitrogens with zero attached hydrogens (tertiary/aromatic N) is 1. The van der Waals surface area contributed by atoms with Crippen LogP contribution >= 0.6 is 22.6 Å². The lowest BCUT2D eigenvalue weighted by molar-refractivity contribution is -0.136. The second-order valence-electron chi connectivity index (χ2n) is 10.2. The number of hydrazone groups is 1. The number of rotatable bonds is 15. The molecule has 5 N–H and O–H groups in total. The number of hydrogen-bond acceptors (Lipinski definition) is 11. The van der Waals surface area contributed by atoms with E-state index in [0.29, 0.717) is 46.4 Å². The van der Waals surface area contributed by atoms with E-state index < -0.39 is 30.2 Å². The van der Waals surface area contributed by atoms with E-state index in [9.17, 15) is 19.5 Å². The summed E-state index contributed by atoms with van der Waals surface area (Å²) >= 11 is 2.12. The third kappa shape index (κ3) is 9.07. The molecule has 48 heavy (non-hydrogen) atoms. The summed E-state index contributed by atoms with van der Waals surface area (Å²) in [6, 6.07) is 13.7. The summed E-state index contributed by atoms with van der Waals surface area (Å²) in [4.78, 5) is 35.7. The number of aliphatic hydroxyl groups excluding tert-OH is 1. The molecule has 254 valence electrons. The number of methoxy groups -OCH3 is 2. The van der Waals surface area contributed by atoms with Crippen molar-refractivity contribution in [1.29, 1.82) is 0 Å². The van der Waals surface area contributed by atoms with Crippen molar-refractivity contribution in [2.75, 3.05) is 27.4 Å². The smallest absolute Gasteiger partial charge is 0.337 e. The van der Waals surface area contributed by atoms with Crippen LogP contribution in [0.3, 0.4) is 0 Å². The van der Waals surface area contributed by atoms with E-state index in [4.69, 9.17) is 28.8 Å². The van der Waals surface area contributed by atoms with Crippen LogP contribution in [0.1, 0.15) is 46.9 Å². The van der Waals surface area contributed by atoms with Crippen LogP contribution in [0.25, 0.3) is 0 Å². The van der Waals surface area contributed by atoms with Gasteiger partial charge in [-0.25, -0.2) is 14.4 Å². The summed E-state index contributed by atoms with van der Waals surface area (Å²) in [5, 5.41) is 29.0. The van der Waals surface area contributed by atoms with Gasteiger partial charge >= 0.3 is 18.0 Å².